The van der Waals surface area contributed by atoms with Crippen molar-refractivity contribution in [1.82, 2.24) is 4.72 Å². The molecule has 0 aliphatic heterocycles. The number of halogens is 1. The number of rotatable bonds is 5. The van der Waals surface area contributed by atoms with Gasteiger partial charge < -0.3 is 5.73 Å². The molecule has 0 unspecified atom stereocenters. The van der Waals surface area contributed by atoms with Gasteiger partial charge in [0.1, 0.15) is 6.67 Å². The lowest BCUT2D eigenvalue weighted by Crippen LogP contribution is -2.03. The molecule has 0 saturated heterocycles. The van der Waals surface area contributed by atoms with E-state index >= 15 is 0 Å². The van der Waals surface area contributed by atoms with Crippen molar-refractivity contribution in [3.63, 3.8) is 0 Å². The molecule has 3 N–H and O–H groups in total. The molecule has 2 aromatic carbocycles. The first-order valence-corrected chi connectivity index (χ1v) is 6.49. The Balaban J connectivity index is 1.91. The molecule has 2 aromatic rings. The highest BCUT2D eigenvalue weighted by Crippen LogP contribution is 2.24. The zero-order chi connectivity index (χ0) is 12.8. The van der Waals surface area contributed by atoms with Crippen LogP contribution >= 0.6 is 11.9 Å². The van der Waals surface area contributed by atoms with E-state index in [4.69, 9.17) is 5.73 Å². The maximum atomic E-state index is 12.4. The number of hydrogen-bond donors (Lipinski definition) is 2. The van der Waals surface area contributed by atoms with E-state index in [1.165, 1.54) is 17.5 Å². The molecule has 0 aliphatic rings. The first kappa shape index (κ1) is 12.9. The summed E-state index contributed by atoms with van der Waals surface area (Å²) in [5.41, 5.74) is 8.28. The second-order valence-corrected chi connectivity index (χ2v) is 4.85. The third-order valence-corrected chi connectivity index (χ3v) is 3.41. The van der Waals surface area contributed by atoms with Crippen molar-refractivity contribution < 1.29 is 4.39 Å². The summed E-state index contributed by atoms with van der Waals surface area (Å²) in [6.45, 7) is 0.280. The lowest BCUT2D eigenvalue weighted by Gasteiger charge is -2.07. The summed E-state index contributed by atoms with van der Waals surface area (Å²) in [4.78, 5) is 0.920. The van der Waals surface area contributed by atoms with Crippen molar-refractivity contribution >= 4 is 17.6 Å². The molecule has 0 atom stereocenters. The quantitative estimate of drug-likeness (QED) is 0.639. The maximum Gasteiger partial charge on any atom is 0.115 e. The molecular weight excluding hydrogens is 247 g/mol. The molecule has 0 aromatic heterocycles. The van der Waals surface area contributed by atoms with Crippen LogP contribution in [0.4, 0.5) is 10.1 Å². The molecule has 0 amide bonds. The Morgan fingerprint density at radius 1 is 1.06 bits per heavy atom. The van der Waals surface area contributed by atoms with Crippen LogP contribution in [0.15, 0.2) is 53.4 Å². The minimum absolute atomic E-state index is 0.480. The van der Waals surface area contributed by atoms with Gasteiger partial charge in [-0.15, -0.1) is 0 Å². The zero-order valence-electron chi connectivity index (χ0n) is 9.90. The van der Waals surface area contributed by atoms with Gasteiger partial charge >= 0.3 is 0 Å². The Morgan fingerprint density at radius 3 is 2.50 bits per heavy atom. The van der Waals surface area contributed by atoms with Crippen LogP contribution in [0.1, 0.15) is 11.1 Å². The number of anilines is 1. The fourth-order valence-electron chi connectivity index (χ4n) is 1.57. The molecule has 0 heterocycles. The molecule has 0 fully saturated rings. The predicted molar refractivity (Wildman–Crippen MR) is 74.8 cm³/mol. The molecule has 2 nitrogen and oxygen atoms in total. The van der Waals surface area contributed by atoms with E-state index < -0.39 is 6.67 Å². The van der Waals surface area contributed by atoms with E-state index in [-0.39, 0.29) is 0 Å². The van der Waals surface area contributed by atoms with E-state index in [1.807, 2.05) is 24.3 Å². The Hall–Kier alpha value is -1.52. The minimum atomic E-state index is -0.480. The Labute approximate surface area is 111 Å². The van der Waals surface area contributed by atoms with Gasteiger partial charge in [0.25, 0.3) is 0 Å². The van der Waals surface area contributed by atoms with Crippen LogP contribution in [0.5, 0.6) is 0 Å². The molecular formula is C14H15FN2S. The fraction of sp³-hybridized carbons (Fsp3) is 0.143. The summed E-state index contributed by atoms with van der Waals surface area (Å²) in [6.07, 6.45) is 0. The summed E-state index contributed by atoms with van der Waals surface area (Å²) in [7, 11) is 0. The SMILES string of the molecule is Nc1cc(CF)ccc1SNCc1ccccc1. The van der Waals surface area contributed by atoms with Gasteiger partial charge in [-0.25, -0.2) is 4.39 Å². The van der Waals surface area contributed by atoms with Gasteiger partial charge in [0.05, 0.1) is 0 Å². The Morgan fingerprint density at radius 2 is 1.83 bits per heavy atom. The van der Waals surface area contributed by atoms with Crippen molar-refractivity contribution in [3.8, 4) is 0 Å². The number of nitrogen functional groups attached to an aromatic ring is 1. The van der Waals surface area contributed by atoms with Crippen LogP contribution in [-0.2, 0) is 13.2 Å². The Kier molecular flexibility index (Phi) is 4.61. The minimum Gasteiger partial charge on any atom is -0.398 e. The zero-order valence-corrected chi connectivity index (χ0v) is 10.7. The van der Waals surface area contributed by atoms with Crippen LogP contribution in [-0.4, -0.2) is 0 Å². The predicted octanol–water partition coefficient (Wildman–Crippen LogP) is 3.54. The maximum absolute atomic E-state index is 12.4. The van der Waals surface area contributed by atoms with Crippen molar-refractivity contribution in [3.05, 3.63) is 59.7 Å². The van der Waals surface area contributed by atoms with E-state index in [9.17, 15) is 4.39 Å². The van der Waals surface area contributed by atoms with Crippen LogP contribution in [0, 0.1) is 0 Å². The highest BCUT2D eigenvalue weighted by molar-refractivity contribution is 7.97. The molecule has 94 valence electrons. The first-order chi connectivity index (χ1) is 8.79. The number of benzene rings is 2. The van der Waals surface area contributed by atoms with E-state index in [1.54, 1.807) is 12.1 Å². The van der Waals surface area contributed by atoms with E-state index in [0.29, 0.717) is 11.3 Å². The van der Waals surface area contributed by atoms with Crippen molar-refractivity contribution in [1.29, 1.82) is 0 Å². The summed E-state index contributed by atoms with van der Waals surface area (Å²) in [5.74, 6) is 0. The second kappa shape index (κ2) is 6.42. The number of nitrogens with two attached hydrogens (primary N) is 1. The van der Waals surface area contributed by atoms with Gasteiger partial charge in [0.15, 0.2) is 0 Å². The third-order valence-electron chi connectivity index (χ3n) is 2.53. The topological polar surface area (TPSA) is 38.0 Å². The second-order valence-electron chi connectivity index (χ2n) is 3.91. The standard InChI is InChI=1S/C14H15FN2S/c15-9-12-6-7-14(13(16)8-12)18-17-10-11-4-2-1-3-5-11/h1-8,17H,9-10,16H2. The highest BCUT2D eigenvalue weighted by Gasteiger charge is 2.01. The molecule has 18 heavy (non-hydrogen) atoms. The summed E-state index contributed by atoms with van der Waals surface area (Å²) < 4.78 is 15.7. The monoisotopic (exact) mass is 262 g/mol. The van der Waals surface area contributed by atoms with Gasteiger partial charge in [-0.05, 0) is 35.2 Å². The number of alkyl halides is 1. The van der Waals surface area contributed by atoms with Gasteiger partial charge in [0, 0.05) is 17.1 Å². The lowest BCUT2D eigenvalue weighted by molar-refractivity contribution is 0.485. The summed E-state index contributed by atoms with van der Waals surface area (Å²) >= 11 is 1.46. The average Bonchev–Trinajstić information content (AvgIpc) is 2.42. The molecule has 0 bridgehead atoms. The largest absolute Gasteiger partial charge is 0.398 e. The summed E-state index contributed by atoms with van der Waals surface area (Å²) in [6, 6.07) is 15.4. The summed E-state index contributed by atoms with van der Waals surface area (Å²) in [5, 5.41) is 0. The molecule has 0 saturated carbocycles. The van der Waals surface area contributed by atoms with Crippen molar-refractivity contribution in [2.45, 2.75) is 18.1 Å². The third kappa shape index (κ3) is 3.48. The van der Waals surface area contributed by atoms with Crippen LogP contribution in [0.25, 0.3) is 0 Å². The van der Waals surface area contributed by atoms with Gasteiger partial charge in [-0.3, -0.25) is 4.72 Å². The molecule has 4 heteroatoms. The highest BCUT2D eigenvalue weighted by atomic mass is 32.2. The van der Waals surface area contributed by atoms with Gasteiger partial charge in [-0.1, -0.05) is 36.4 Å². The molecule has 0 aliphatic carbocycles. The lowest BCUT2D eigenvalue weighted by atomic mass is 10.2. The van der Waals surface area contributed by atoms with Gasteiger partial charge in [-0.2, -0.15) is 0 Å². The van der Waals surface area contributed by atoms with E-state index in [0.717, 1.165) is 11.4 Å². The number of hydrogen-bond acceptors (Lipinski definition) is 3. The van der Waals surface area contributed by atoms with Crippen LogP contribution in [0.3, 0.4) is 0 Å². The molecule has 2 rings (SSSR count). The van der Waals surface area contributed by atoms with Crippen molar-refractivity contribution in [2.75, 3.05) is 5.73 Å². The van der Waals surface area contributed by atoms with Crippen molar-refractivity contribution in [2.24, 2.45) is 0 Å². The van der Waals surface area contributed by atoms with E-state index in [2.05, 4.69) is 16.9 Å². The van der Waals surface area contributed by atoms with Crippen LogP contribution < -0.4 is 10.5 Å². The average molecular weight is 262 g/mol. The molecule has 0 radical (unpaired) electrons. The normalized spacial score (nSPS) is 10.5. The van der Waals surface area contributed by atoms with Crippen LogP contribution in [0.2, 0.25) is 0 Å². The number of nitrogens with one attached hydrogen (secondary N) is 1. The molecule has 0 spiro atoms. The smallest absolute Gasteiger partial charge is 0.115 e. The fourth-order valence-corrected chi connectivity index (χ4v) is 2.27. The Bertz CT molecular complexity index is 502. The first-order valence-electron chi connectivity index (χ1n) is 5.67. The van der Waals surface area contributed by atoms with Gasteiger partial charge in [0.2, 0.25) is 0 Å².